The summed E-state index contributed by atoms with van der Waals surface area (Å²) in [5, 5.41) is 0. The van der Waals surface area contributed by atoms with Gasteiger partial charge < -0.3 is 4.74 Å². The van der Waals surface area contributed by atoms with Crippen LogP contribution in [0.3, 0.4) is 0 Å². The van der Waals surface area contributed by atoms with Crippen molar-refractivity contribution in [1.82, 2.24) is 0 Å². The highest BCUT2D eigenvalue weighted by molar-refractivity contribution is 9.11. The number of ether oxygens (including phenoxy) is 1. The summed E-state index contributed by atoms with van der Waals surface area (Å²) in [6.45, 7) is 2.17. The zero-order chi connectivity index (χ0) is 8.32. The first-order valence-corrected chi connectivity index (χ1v) is 4.32. The minimum Gasteiger partial charge on any atom is -0.343 e. The van der Waals surface area contributed by atoms with Crippen molar-refractivity contribution in [1.29, 1.82) is 0 Å². The topological polar surface area (TPSA) is 9.23 Å². The average molecular weight is 221 g/mol. The molecule has 0 aromatic heterocycles. The van der Waals surface area contributed by atoms with Crippen LogP contribution in [0, 0.1) is 0 Å². The van der Waals surface area contributed by atoms with E-state index in [2.05, 4.69) is 15.9 Å². The maximum atomic E-state index is 13.4. The van der Waals surface area contributed by atoms with Crippen molar-refractivity contribution in [2.45, 2.75) is 19.2 Å². The lowest BCUT2D eigenvalue weighted by molar-refractivity contribution is -0.0999. The molecule has 0 bridgehead atoms. The molecule has 62 valence electrons. The molecule has 0 aromatic carbocycles. The molecule has 1 atom stereocenters. The molecule has 0 aromatic rings. The van der Waals surface area contributed by atoms with E-state index in [-0.39, 0.29) is 6.42 Å². The van der Waals surface area contributed by atoms with E-state index < -0.39 is 5.85 Å². The van der Waals surface area contributed by atoms with Crippen LogP contribution in [-0.2, 0) is 4.74 Å². The fourth-order valence-corrected chi connectivity index (χ4v) is 1.52. The highest BCUT2D eigenvalue weighted by Gasteiger charge is 2.28. The summed E-state index contributed by atoms with van der Waals surface area (Å²) in [6.07, 6.45) is 5.18. The van der Waals surface area contributed by atoms with Gasteiger partial charge >= 0.3 is 0 Å². The zero-order valence-electron chi connectivity index (χ0n) is 6.31. The third-order valence-corrected chi connectivity index (χ3v) is 1.96. The summed E-state index contributed by atoms with van der Waals surface area (Å²) in [5.74, 6) is -1.59. The van der Waals surface area contributed by atoms with Gasteiger partial charge in [0, 0.05) is 17.5 Å². The first-order chi connectivity index (χ1) is 5.16. The van der Waals surface area contributed by atoms with E-state index in [1.165, 1.54) is 6.08 Å². The third kappa shape index (κ3) is 2.42. The quantitative estimate of drug-likeness (QED) is 0.696. The van der Waals surface area contributed by atoms with Gasteiger partial charge in [-0.05, 0) is 13.0 Å². The standard InChI is InChI=1S/C8H10BrFO/c1-2-11-8(10)5-3-4-7(9)6-8/h3-5H,2,6H2,1H3. The SMILES string of the molecule is CCOC1(F)C=CC=C(Br)C1. The smallest absolute Gasteiger partial charge is 0.233 e. The second-order valence-electron chi connectivity index (χ2n) is 2.37. The Balaban J connectivity index is 2.62. The Morgan fingerprint density at radius 1 is 1.82 bits per heavy atom. The number of halogens is 2. The molecule has 0 saturated heterocycles. The number of rotatable bonds is 2. The van der Waals surface area contributed by atoms with Gasteiger partial charge in [0.05, 0.1) is 0 Å². The van der Waals surface area contributed by atoms with Crippen LogP contribution in [0.15, 0.2) is 22.7 Å². The lowest BCUT2D eigenvalue weighted by Gasteiger charge is -2.23. The zero-order valence-corrected chi connectivity index (χ0v) is 7.90. The molecule has 0 radical (unpaired) electrons. The second kappa shape index (κ2) is 3.50. The molecule has 0 aliphatic heterocycles. The van der Waals surface area contributed by atoms with Gasteiger partial charge in [0.1, 0.15) is 0 Å². The number of alkyl halides is 1. The lowest BCUT2D eigenvalue weighted by atomic mass is 10.1. The third-order valence-electron chi connectivity index (χ3n) is 1.42. The fourth-order valence-electron chi connectivity index (χ4n) is 0.983. The maximum Gasteiger partial charge on any atom is 0.233 e. The molecule has 1 rings (SSSR count). The van der Waals surface area contributed by atoms with Crippen LogP contribution in [-0.4, -0.2) is 12.5 Å². The van der Waals surface area contributed by atoms with Crippen molar-refractivity contribution in [3.8, 4) is 0 Å². The van der Waals surface area contributed by atoms with Crippen LogP contribution in [0.25, 0.3) is 0 Å². The van der Waals surface area contributed by atoms with E-state index in [1.807, 2.05) is 6.08 Å². The van der Waals surface area contributed by atoms with Crippen LogP contribution in [0.4, 0.5) is 4.39 Å². The summed E-state index contributed by atoms with van der Waals surface area (Å²) >= 11 is 3.22. The van der Waals surface area contributed by atoms with Crippen molar-refractivity contribution in [2.75, 3.05) is 6.61 Å². The minimum absolute atomic E-state index is 0.275. The van der Waals surface area contributed by atoms with E-state index in [0.29, 0.717) is 6.61 Å². The summed E-state index contributed by atoms with van der Waals surface area (Å²) in [4.78, 5) is 0. The van der Waals surface area contributed by atoms with Crippen LogP contribution in [0.2, 0.25) is 0 Å². The molecule has 0 amide bonds. The number of allylic oxidation sites excluding steroid dienone is 2. The largest absolute Gasteiger partial charge is 0.343 e. The lowest BCUT2D eigenvalue weighted by Crippen LogP contribution is -2.25. The molecule has 0 fully saturated rings. The maximum absolute atomic E-state index is 13.4. The minimum atomic E-state index is -1.59. The molecular weight excluding hydrogens is 211 g/mol. The summed E-state index contributed by atoms with van der Waals surface area (Å²) in [7, 11) is 0. The van der Waals surface area contributed by atoms with Crippen molar-refractivity contribution in [2.24, 2.45) is 0 Å². The Hall–Kier alpha value is -0.150. The first kappa shape index (κ1) is 8.94. The Labute approximate surface area is 74.1 Å². The van der Waals surface area contributed by atoms with Crippen molar-refractivity contribution >= 4 is 15.9 Å². The van der Waals surface area contributed by atoms with Gasteiger partial charge in [-0.1, -0.05) is 28.1 Å². The van der Waals surface area contributed by atoms with Crippen molar-refractivity contribution < 1.29 is 9.13 Å². The van der Waals surface area contributed by atoms with Crippen LogP contribution in [0.1, 0.15) is 13.3 Å². The summed E-state index contributed by atoms with van der Waals surface area (Å²) in [6, 6.07) is 0. The van der Waals surface area contributed by atoms with E-state index in [9.17, 15) is 4.39 Å². The van der Waals surface area contributed by atoms with Gasteiger partial charge in [0.15, 0.2) is 0 Å². The predicted octanol–water partition coefficient (Wildman–Crippen LogP) is 2.93. The molecule has 0 N–H and O–H groups in total. The summed E-state index contributed by atoms with van der Waals surface area (Å²) < 4.78 is 19.2. The van der Waals surface area contributed by atoms with E-state index in [1.54, 1.807) is 13.0 Å². The van der Waals surface area contributed by atoms with Gasteiger partial charge in [0.25, 0.3) is 0 Å². The predicted molar refractivity (Wildman–Crippen MR) is 46.2 cm³/mol. The Bertz CT molecular complexity index is 200. The van der Waals surface area contributed by atoms with Gasteiger partial charge in [-0.3, -0.25) is 0 Å². The van der Waals surface area contributed by atoms with Gasteiger partial charge in [-0.2, -0.15) is 0 Å². The first-order valence-electron chi connectivity index (χ1n) is 3.53. The Morgan fingerprint density at radius 2 is 2.55 bits per heavy atom. The average Bonchev–Trinajstić information content (AvgIpc) is 1.86. The molecule has 1 aliphatic rings. The van der Waals surface area contributed by atoms with Gasteiger partial charge in [0.2, 0.25) is 5.85 Å². The number of hydrogen-bond donors (Lipinski definition) is 0. The molecule has 1 unspecified atom stereocenters. The van der Waals surface area contributed by atoms with Gasteiger partial charge in [-0.25, -0.2) is 4.39 Å². The van der Waals surface area contributed by atoms with Crippen molar-refractivity contribution in [3.05, 3.63) is 22.7 Å². The Morgan fingerprint density at radius 3 is 3.09 bits per heavy atom. The highest BCUT2D eigenvalue weighted by atomic mass is 79.9. The van der Waals surface area contributed by atoms with Crippen LogP contribution < -0.4 is 0 Å². The van der Waals surface area contributed by atoms with Crippen LogP contribution >= 0.6 is 15.9 Å². The fraction of sp³-hybridized carbons (Fsp3) is 0.500. The normalized spacial score (nSPS) is 30.3. The molecule has 0 spiro atoms. The van der Waals surface area contributed by atoms with Crippen molar-refractivity contribution in [3.63, 3.8) is 0 Å². The van der Waals surface area contributed by atoms with Gasteiger partial charge in [-0.15, -0.1) is 0 Å². The molecule has 1 nitrogen and oxygen atoms in total. The van der Waals surface area contributed by atoms with E-state index in [4.69, 9.17) is 4.74 Å². The number of hydrogen-bond acceptors (Lipinski definition) is 1. The molecule has 3 heteroatoms. The highest BCUT2D eigenvalue weighted by Crippen LogP contribution is 2.30. The summed E-state index contributed by atoms with van der Waals surface area (Å²) in [5.41, 5.74) is 0. The molecule has 1 aliphatic carbocycles. The molecular formula is C8H10BrFO. The molecule has 0 heterocycles. The molecule has 11 heavy (non-hydrogen) atoms. The van der Waals surface area contributed by atoms with Crippen LogP contribution in [0.5, 0.6) is 0 Å². The Kier molecular flexibility index (Phi) is 2.84. The van der Waals surface area contributed by atoms with E-state index in [0.717, 1.165) is 4.48 Å². The van der Waals surface area contributed by atoms with E-state index >= 15 is 0 Å². The molecule has 0 saturated carbocycles. The second-order valence-corrected chi connectivity index (χ2v) is 3.39. The monoisotopic (exact) mass is 220 g/mol.